The molecule has 4 N–H and O–H groups in total. The first-order valence-corrected chi connectivity index (χ1v) is 9.62. The van der Waals surface area contributed by atoms with Crippen molar-refractivity contribution >= 4 is 35.1 Å². The highest BCUT2D eigenvalue weighted by atomic mass is 35.5. The number of carbonyl (C=O) groups is 1. The molecule has 1 saturated heterocycles. The first-order chi connectivity index (χ1) is 12.7. The van der Waals surface area contributed by atoms with Crippen LogP contribution in [0.4, 0.5) is 5.95 Å². The van der Waals surface area contributed by atoms with Crippen LogP contribution in [0.1, 0.15) is 42.4 Å². The first kappa shape index (κ1) is 19.9. The number of anilines is 1. The van der Waals surface area contributed by atoms with Crippen molar-refractivity contribution in [2.45, 2.75) is 38.6 Å². The number of halogens is 2. The standard InChI is InChI=1S/C19H23Cl2N5O/c1-11-14(12-5-3-6-13(20)15(12)21)16(17(22)27)25-18(24-11)26-9-4-7-19(2,23)8-10-26/h3,5-6H,4,7-10,23H2,1-2H3,(H2,22,27). The molecule has 1 aliphatic heterocycles. The normalized spacial score (nSPS) is 20.4. The molecule has 1 aromatic carbocycles. The van der Waals surface area contributed by atoms with Crippen molar-refractivity contribution < 1.29 is 4.79 Å². The van der Waals surface area contributed by atoms with E-state index in [9.17, 15) is 4.79 Å². The van der Waals surface area contributed by atoms with Crippen LogP contribution in [0, 0.1) is 6.92 Å². The Morgan fingerprint density at radius 2 is 1.96 bits per heavy atom. The van der Waals surface area contributed by atoms with Crippen LogP contribution in [-0.2, 0) is 0 Å². The maximum absolute atomic E-state index is 12.2. The number of aryl methyl sites for hydroxylation is 1. The Kier molecular flexibility index (Phi) is 5.60. The predicted octanol–water partition coefficient (Wildman–Crippen LogP) is 3.57. The van der Waals surface area contributed by atoms with Crippen LogP contribution < -0.4 is 16.4 Å². The van der Waals surface area contributed by atoms with E-state index in [2.05, 4.69) is 21.8 Å². The lowest BCUT2D eigenvalue weighted by atomic mass is 9.95. The number of amides is 1. The average molecular weight is 408 g/mol. The van der Waals surface area contributed by atoms with Crippen molar-refractivity contribution in [3.05, 3.63) is 39.6 Å². The summed E-state index contributed by atoms with van der Waals surface area (Å²) in [4.78, 5) is 23.4. The van der Waals surface area contributed by atoms with Gasteiger partial charge in [-0.05, 0) is 39.2 Å². The second-order valence-electron chi connectivity index (χ2n) is 7.29. The van der Waals surface area contributed by atoms with E-state index in [4.69, 9.17) is 34.7 Å². The lowest BCUT2D eigenvalue weighted by molar-refractivity contribution is 0.0996. The summed E-state index contributed by atoms with van der Waals surface area (Å²) in [5.41, 5.74) is 13.6. The predicted molar refractivity (Wildman–Crippen MR) is 109 cm³/mol. The van der Waals surface area contributed by atoms with Gasteiger partial charge < -0.3 is 16.4 Å². The van der Waals surface area contributed by atoms with Crippen molar-refractivity contribution in [2.75, 3.05) is 18.0 Å². The maximum Gasteiger partial charge on any atom is 0.268 e. The van der Waals surface area contributed by atoms with Crippen molar-refractivity contribution in [1.29, 1.82) is 0 Å². The minimum atomic E-state index is -0.633. The number of nitrogens with zero attached hydrogens (tertiary/aromatic N) is 3. The van der Waals surface area contributed by atoms with Crippen molar-refractivity contribution in [1.82, 2.24) is 9.97 Å². The molecule has 8 heteroatoms. The molecule has 2 heterocycles. The van der Waals surface area contributed by atoms with Gasteiger partial charge >= 0.3 is 0 Å². The number of rotatable bonds is 3. The molecule has 6 nitrogen and oxygen atoms in total. The molecule has 1 aliphatic rings. The van der Waals surface area contributed by atoms with Gasteiger partial charge in [0.25, 0.3) is 5.91 Å². The molecule has 1 aromatic heterocycles. The van der Waals surface area contributed by atoms with E-state index in [0.29, 0.717) is 32.8 Å². The molecule has 0 aliphatic carbocycles. The molecule has 27 heavy (non-hydrogen) atoms. The zero-order valence-corrected chi connectivity index (χ0v) is 16.9. The molecule has 1 amide bonds. The van der Waals surface area contributed by atoms with Gasteiger partial charge in [-0.1, -0.05) is 35.3 Å². The van der Waals surface area contributed by atoms with Gasteiger partial charge in [0.15, 0.2) is 0 Å². The molecule has 1 fully saturated rings. The molecule has 1 unspecified atom stereocenters. The minimum absolute atomic E-state index is 0.140. The van der Waals surface area contributed by atoms with Crippen molar-refractivity contribution in [2.24, 2.45) is 11.5 Å². The SMILES string of the molecule is Cc1nc(N2CCCC(C)(N)CC2)nc(C(N)=O)c1-c1cccc(Cl)c1Cl. The van der Waals surface area contributed by atoms with Gasteiger partial charge in [-0.2, -0.15) is 0 Å². The molecule has 1 atom stereocenters. The van der Waals surface area contributed by atoms with Crippen LogP contribution in [0.25, 0.3) is 11.1 Å². The van der Waals surface area contributed by atoms with E-state index in [-0.39, 0.29) is 11.2 Å². The fourth-order valence-electron chi connectivity index (χ4n) is 3.40. The van der Waals surface area contributed by atoms with Gasteiger partial charge in [0.1, 0.15) is 5.69 Å². The largest absolute Gasteiger partial charge is 0.364 e. The van der Waals surface area contributed by atoms with Gasteiger partial charge in [0.2, 0.25) is 5.95 Å². The lowest BCUT2D eigenvalue weighted by Gasteiger charge is -2.24. The Labute approximate surface area is 168 Å². The topological polar surface area (TPSA) is 98.1 Å². The Hall–Kier alpha value is -1.89. The molecule has 3 rings (SSSR count). The summed E-state index contributed by atoms with van der Waals surface area (Å²) in [5, 5.41) is 0.734. The van der Waals surface area contributed by atoms with Gasteiger partial charge in [0.05, 0.1) is 15.7 Å². The first-order valence-electron chi connectivity index (χ1n) is 8.86. The molecule has 0 radical (unpaired) electrons. The summed E-state index contributed by atoms with van der Waals surface area (Å²) < 4.78 is 0. The second kappa shape index (κ2) is 7.62. The Bertz CT molecular complexity index is 885. The summed E-state index contributed by atoms with van der Waals surface area (Å²) in [6.07, 6.45) is 2.69. The Balaban J connectivity index is 2.08. The molecule has 0 spiro atoms. The number of nitrogens with two attached hydrogens (primary N) is 2. The van der Waals surface area contributed by atoms with E-state index in [1.54, 1.807) is 18.2 Å². The molecule has 144 valence electrons. The van der Waals surface area contributed by atoms with Crippen molar-refractivity contribution in [3.63, 3.8) is 0 Å². The van der Waals surface area contributed by atoms with Gasteiger partial charge in [-0.3, -0.25) is 4.79 Å². The van der Waals surface area contributed by atoms with Crippen LogP contribution in [0.2, 0.25) is 10.0 Å². The number of benzene rings is 1. The van der Waals surface area contributed by atoms with Crippen LogP contribution in [-0.4, -0.2) is 34.5 Å². The number of primary amides is 1. The van der Waals surface area contributed by atoms with Crippen molar-refractivity contribution in [3.8, 4) is 11.1 Å². The van der Waals surface area contributed by atoms with Crippen LogP contribution in [0.5, 0.6) is 0 Å². The van der Waals surface area contributed by atoms with E-state index >= 15 is 0 Å². The molecule has 0 saturated carbocycles. The highest BCUT2D eigenvalue weighted by Crippen LogP contribution is 2.37. The average Bonchev–Trinajstić information content (AvgIpc) is 2.77. The number of hydrogen-bond acceptors (Lipinski definition) is 5. The fraction of sp³-hybridized carbons (Fsp3) is 0.421. The van der Waals surface area contributed by atoms with E-state index in [1.807, 2.05) is 6.92 Å². The smallest absolute Gasteiger partial charge is 0.268 e. The number of hydrogen-bond donors (Lipinski definition) is 2. The minimum Gasteiger partial charge on any atom is -0.364 e. The molecular formula is C19H23Cl2N5O. The molecular weight excluding hydrogens is 385 g/mol. The summed E-state index contributed by atoms with van der Waals surface area (Å²) in [6, 6.07) is 5.22. The zero-order valence-electron chi connectivity index (χ0n) is 15.4. The van der Waals surface area contributed by atoms with Gasteiger partial charge in [-0.15, -0.1) is 0 Å². The Morgan fingerprint density at radius 3 is 2.67 bits per heavy atom. The third-order valence-corrected chi connectivity index (χ3v) is 5.76. The van der Waals surface area contributed by atoms with E-state index < -0.39 is 5.91 Å². The monoisotopic (exact) mass is 407 g/mol. The lowest BCUT2D eigenvalue weighted by Crippen LogP contribution is -2.37. The Morgan fingerprint density at radius 1 is 1.22 bits per heavy atom. The third kappa shape index (κ3) is 4.18. The number of carbonyl (C=O) groups excluding carboxylic acids is 1. The van der Waals surface area contributed by atoms with Crippen LogP contribution in [0.15, 0.2) is 18.2 Å². The molecule has 0 bridgehead atoms. The van der Waals surface area contributed by atoms with Crippen LogP contribution >= 0.6 is 23.2 Å². The van der Waals surface area contributed by atoms with E-state index in [1.165, 1.54) is 0 Å². The highest BCUT2D eigenvalue weighted by Gasteiger charge is 2.27. The van der Waals surface area contributed by atoms with Crippen LogP contribution in [0.3, 0.4) is 0 Å². The second-order valence-corrected chi connectivity index (χ2v) is 8.08. The summed E-state index contributed by atoms with van der Waals surface area (Å²) in [5.74, 6) is -0.146. The maximum atomic E-state index is 12.2. The van der Waals surface area contributed by atoms with Gasteiger partial charge in [0, 0.05) is 29.8 Å². The van der Waals surface area contributed by atoms with Gasteiger partial charge in [-0.25, -0.2) is 9.97 Å². The summed E-state index contributed by atoms with van der Waals surface area (Å²) in [7, 11) is 0. The molecule has 2 aromatic rings. The quantitative estimate of drug-likeness (QED) is 0.809. The summed E-state index contributed by atoms with van der Waals surface area (Å²) in [6.45, 7) is 5.38. The fourth-order valence-corrected chi connectivity index (χ4v) is 3.79. The third-order valence-electron chi connectivity index (χ3n) is 4.94. The zero-order chi connectivity index (χ0) is 19.8. The van der Waals surface area contributed by atoms with E-state index in [0.717, 1.165) is 32.4 Å². The summed E-state index contributed by atoms with van der Waals surface area (Å²) >= 11 is 12.5. The number of aromatic nitrogens is 2. The highest BCUT2D eigenvalue weighted by molar-refractivity contribution is 6.43.